The molecular formula is C13H16BrNO2. The third-order valence-corrected chi connectivity index (χ3v) is 4.20. The Hall–Kier alpha value is -0.580. The van der Waals surface area contributed by atoms with Gasteiger partial charge in [0.05, 0.1) is 24.9 Å². The zero-order valence-corrected chi connectivity index (χ0v) is 11.4. The van der Waals surface area contributed by atoms with E-state index in [1.54, 1.807) is 0 Å². The van der Waals surface area contributed by atoms with Gasteiger partial charge in [-0.3, -0.25) is 0 Å². The highest BCUT2D eigenvalue weighted by Crippen LogP contribution is 2.42. The molecule has 92 valence electrons. The number of morpholine rings is 1. The molecule has 1 N–H and O–H groups in total. The summed E-state index contributed by atoms with van der Waals surface area (Å²) in [5.41, 5.74) is 1.42. The normalized spacial score (nSPS) is 31.9. The molecule has 2 atom stereocenters. The average molecular weight is 298 g/mol. The Labute approximate surface area is 110 Å². The van der Waals surface area contributed by atoms with Gasteiger partial charge in [-0.05, 0) is 19.1 Å². The molecule has 1 aromatic carbocycles. The van der Waals surface area contributed by atoms with Crippen molar-refractivity contribution in [2.75, 3.05) is 24.7 Å². The third kappa shape index (κ3) is 1.88. The summed E-state index contributed by atoms with van der Waals surface area (Å²) >= 11 is 3.50. The Balaban J connectivity index is 2.11. The van der Waals surface area contributed by atoms with Crippen molar-refractivity contribution in [2.24, 2.45) is 0 Å². The molecule has 1 aromatic rings. The van der Waals surface area contributed by atoms with Gasteiger partial charge in [-0.2, -0.15) is 0 Å². The van der Waals surface area contributed by atoms with Gasteiger partial charge in [-0.1, -0.05) is 22.0 Å². The lowest BCUT2D eigenvalue weighted by Gasteiger charge is -2.47. The molecule has 17 heavy (non-hydrogen) atoms. The van der Waals surface area contributed by atoms with E-state index in [0.717, 1.165) is 35.3 Å². The fourth-order valence-electron chi connectivity index (χ4n) is 2.91. The summed E-state index contributed by atoms with van der Waals surface area (Å²) in [4.78, 5) is 2.36. The Morgan fingerprint density at radius 1 is 1.53 bits per heavy atom. The summed E-state index contributed by atoms with van der Waals surface area (Å²) < 4.78 is 6.57. The summed E-state index contributed by atoms with van der Waals surface area (Å²) in [6, 6.07) is 6.40. The van der Waals surface area contributed by atoms with Gasteiger partial charge >= 0.3 is 0 Å². The average Bonchev–Trinajstić information content (AvgIpc) is 2.28. The SMILES string of the molecule is CC1(O)CC2COCCN2c2cc(Br)ccc21. The summed E-state index contributed by atoms with van der Waals surface area (Å²) in [5.74, 6) is 0. The standard InChI is InChI=1S/C13H16BrNO2/c1-13(16)7-10-8-17-5-4-15(10)12-6-9(14)2-3-11(12)13/h2-3,6,10,16H,4-5,7-8H2,1H3. The highest BCUT2D eigenvalue weighted by molar-refractivity contribution is 9.10. The van der Waals surface area contributed by atoms with E-state index in [2.05, 4.69) is 26.9 Å². The monoisotopic (exact) mass is 297 g/mol. The maximum atomic E-state index is 10.6. The second kappa shape index (κ2) is 3.97. The number of rotatable bonds is 0. The van der Waals surface area contributed by atoms with Gasteiger partial charge in [0, 0.05) is 28.7 Å². The lowest BCUT2D eigenvalue weighted by atomic mass is 9.83. The molecule has 0 aliphatic carbocycles. The summed E-state index contributed by atoms with van der Waals surface area (Å²) in [6.07, 6.45) is 0.738. The minimum Gasteiger partial charge on any atom is -0.385 e. The van der Waals surface area contributed by atoms with Crippen molar-refractivity contribution in [2.45, 2.75) is 25.0 Å². The van der Waals surface area contributed by atoms with Crippen molar-refractivity contribution in [3.05, 3.63) is 28.2 Å². The second-order valence-electron chi connectivity index (χ2n) is 5.06. The maximum Gasteiger partial charge on any atom is 0.0908 e. The lowest BCUT2D eigenvalue weighted by molar-refractivity contribution is 0.00419. The summed E-state index contributed by atoms with van der Waals surface area (Å²) in [6.45, 7) is 4.28. The molecule has 1 saturated heterocycles. The lowest BCUT2D eigenvalue weighted by Crippen LogP contribution is -2.52. The van der Waals surface area contributed by atoms with Gasteiger partial charge < -0.3 is 14.7 Å². The number of benzene rings is 1. The number of hydrogen-bond acceptors (Lipinski definition) is 3. The molecule has 3 rings (SSSR count). The fraction of sp³-hybridized carbons (Fsp3) is 0.538. The Kier molecular flexibility index (Phi) is 2.69. The van der Waals surface area contributed by atoms with Crippen molar-refractivity contribution in [1.29, 1.82) is 0 Å². The van der Waals surface area contributed by atoms with Crippen molar-refractivity contribution in [3.8, 4) is 0 Å². The van der Waals surface area contributed by atoms with Crippen LogP contribution in [0, 0.1) is 0 Å². The van der Waals surface area contributed by atoms with Crippen LogP contribution in [0.5, 0.6) is 0 Å². The van der Waals surface area contributed by atoms with Gasteiger partial charge in [0.15, 0.2) is 0 Å². The quantitative estimate of drug-likeness (QED) is 0.797. The molecule has 3 nitrogen and oxygen atoms in total. The Morgan fingerprint density at radius 2 is 2.35 bits per heavy atom. The van der Waals surface area contributed by atoms with Crippen LogP contribution in [0.2, 0.25) is 0 Å². The van der Waals surface area contributed by atoms with Crippen LogP contribution in [-0.2, 0) is 10.3 Å². The van der Waals surface area contributed by atoms with Crippen LogP contribution in [0.1, 0.15) is 18.9 Å². The van der Waals surface area contributed by atoms with E-state index in [0.29, 0.717) is 12.6 Å². The van der Waals surface area contributed by atoms with Crippen LogP contribution in [0.25, 0.3) is 0 Å². The molecule has 0 amide bonds. The van der Waals surface area contributed by atoms with Gasteiger partial charge in [0.2, 0.25) is 0 Å². The molecule has 4 heteroatoms. The van der Waals surface area contributed by atoms with E-state index >= 15 is 0 Å². The van der Waals surface area contributed by atoms with Crippen LogP contribution < -0.4 is 4.90 Å². The van der Waals surface area contributed by atoms with Crippen LogP contribution in [0.3, 0.4) is 0 Å². The predicted octanol–water partition coefficient (Wildman–Crippen LogP) is 2.27. The van der Waals surface area contributed by atoms with E-state index in [9.17, 15) is 5.11 Å². The molecule has 0 bridgehead atoms. The third-order valence-electron chi connectivity index (χ3n) is 3.71. The molecular weight excluding hydrogens is 282 g/mol. The van der Waals surface area contributed by atoms with Crippen molar-refractivity contribution in [3.63, 3.8) is 0 Å². The first-order valence-corrected chi connectivity index (χ1v) is 6.74. The first-order chi connectivity index (χ1) is 8.08. The van der Waals surface area contributed by atoms with Gasteiger partial charge in [-0.25, -0.2) is 0 Å². The number of aliphatic hydroxyl groups is 1. The largest absolute Gasteiger partial charge is 0.385 e. The van der Waals surface area contributed by atoms with Crippen molar-refractivity contribution >= 4 is 21.6 Å². The van der Waals surface area contributed by atoms with E-state index in [4.69, 9.17) is 4.74 Å². The Bertz CT molecular complexity index is 447. The van der Waals surface area contributed by atoms with E-state index < -0.39 is 5.60 Å². The summed E-state index contributed by atoms with van der Waals surface area (Å²) in [7, 11) is 0. The van der Waals surface area contributed by atoms with E-state index in [1.807, 2.05) is 19.1 Å². The van der Waals surface area contributed by atoms with Crippen LogP contribution in [-0.4, -0.2) is 30.9 Å². The molecule has 2 aliphatic heterocycles. The number of halogens is 1. The molecule has 0 spiro atoms. The van der Waals surface area contributed by atoms with Crippen LogP contribution in [0.4, 0.5) is 5.69 Å². The predicted molar refractivity (Wildman–Crippen MR) is 70.3 cm³/mol. The van der Waals surface area contributed by atoms with Crippen molar-refractivity contribution in [1.82, 2.24) is 0 Å². The first kappa shape index (κ1) is 11.5. The number of fused-ring (bicyclic) bond motifs is 3. The number of ether oxygens (including phenoxy) is 1. The molecule has 0 aromatic heterocycles. The topological polar surface area (TPSA) is 32.7 Å². The minimum atomic E-state index is -0.752. The van der Waals surface area contributed by atoms with Gasteiger partial charge in [-0.15, -0.1) is 0 Å². The zero-order valence-electron chi connectivity index (χ0n) is 9.82. The molecule has 2 aliphatic rings. The van der Waals surface area contributed by atoms with E-state index in [-0.39, 0.29) is 0 Å². The zero-order chi connectivity index (χ0) is 12.0. The maximum absolute atomic E-state index is 10.6. The van der Waals surface area contributed by atoms with Crippen LogP contribution >= 0.6 is 15.9 Å². The molecule has 1 fully saturated rings. The number of anilines is 1. The highest BCUT2D eigenvalue weighted by Gasteiger charge is 2.40. The smallest absolute Gasteiger partial charge is 0.0908 e. The molecule has 2 heterocycles. The van der Waals surface area contributed by atoms with Gasteiger partial charge in [0.25, 0.3) is 0 Å². The minimum absolute atomic E-state index is 0.292. The molecule has 0 radical (unpaired) electrons. The number of hydrogen-bond donors (Lipinski definition) is 1. The molecule has 2 unspecified atom stereocenters. The van der Waals surface area contributed by atoms with Crippen molar-refractivity contribution < 1.29 is 9.84 Å². The van der Waals surface area contributed by atoms with Crippen LogP contribution in [0.15, 0.2) is 22.7 Å². The summed E-state index contributed by atoms with van der Waals surface area (Å²) in [5, 5.41) is 10.6. The van der Waals surface area contributed by atoms with E-state index in [1.165, 1.54) is 0 Å². The second-order valence-corrected chi connectivity index (χ2v) is 5.98. The van der Waals surface area contributed by atoms with Gasteiger partial charge in [0.1, 0.15) is 0 Å². The fourth-order valence-corrected chi connectivity index (χ4v) is 3.26. The molecule has 0 saturated carbocycles. The Morgan fingerprint density at radius 3 is 3.18 bits per heavy atom. The first-order valence-electron chi connectivity index (χ1n) is 5.95. The highest BCUT2D eigenvalue weighted by atomic mass is 79.9. The number of nitrogens with zero attached hydrogens (tertiary/aromatic N) is 1.